The van der Waals surface area contributed by atoms with Gasteiger partial charge in [0.1, 0.15) is 40.9 Å². The van der Waals surface area contributed by atoms with E-state index in [4.69, 9.17) is 4.42 Å². The minimum absolute atomic E-state index is 0.217. The number of nitrogens with zero attached hydrogens (tertiary/aromatic N) is 2. The summed E-state index contributed by atoms with van der Waals surface area (Å²) in [6.07, 6.45) is 4.06. The Morgan fingerprint density at radius 2 is 1.77 bits per heavy atom. The fraction of sp³-hybridized carbons (Fsp3) is 0.192. The lowest BCUT2D eigenvalue weighted by atomic mass is 10.00. The Bertz CT molecular complexity index is 1460. The number of imidazole rings is 1. The number of hydrogen-bond donors (Lipinski definition) is 0. The molecule has 0 unspecified atom stereocenters. The molecule has 0 aliphatic carbocycles. The number of aryl methyl sites for hydroxylation is 2. The van der Waals surface area contributed by atoms with Gasteiger partial charge in [-0.15, -0.1) is 0 Å². The first-order chi connectivity index (χ1) is 14.8. The molecule has 0 aliphatic rings. The maximum absolute atomic E-state index is 14.6. The van der Waals surface area contributed by atoms with Crippen molar-refractivity contribution in [3.05, 3.63) is 83.7 Å². The van der Waals surface area contributed by atoms with Crippen molar-refractivity contribution < 1.29 is 17.8 Å². The fourth-order valence-corrected chi connectivity index (χ4v) is 4.40. The highest BCUT2D eigenvalue weighted by molar-refractivity contribution is 6.06. The van der Waals surface area contributed by atoms with Crippen molar-refractivity contribution >= 4 is 21.9 Å². The van der Waals surface area contributed by atoms with E-state index in [0.29, 0.717) is 22.3 Å². The first-order valence-corrected chi connectivity index (χ1v) is 10.3. The third-order valence-corrected chi connectivity index (χ3v) is 5.90. The molecule has 5 aromatic rings. The van der Waals surface area contributed by atoms with E-state index in [1.54, 1.807) is 0 Å². The van der Waals surface area contributed by atoms with E-state index in [9.17, 15) is 8.78 Å². The lowest BCUT2D eigenvalue weighted by Crippen LogP contribution is -2.29. The summed E-state index contributed by atoms with van der Waals surface area (Å²) in [4.78, 5) is 0. The molecule has 0 atom stereocenters. The molecular weight excluding hydrogens is 394 g/mol. The van der Waals surface area contributed by atoms with Crippen LogP contribution in [0.2, 0.25) is 0 Å². The standard InChI is InChI=1S/C26H23F2N2O/c1-15(2)18-7-5-6-8-22(18)30-10-9-29(4)26(30)19-14-20-23(11-16(19)3)31-24-13-17(27)12-21(28)25(20)24/h5-15H,1-4H3/q+1. The van der Waals surface area contributed by atoms with Gasteiger partial charge in [0.15, 0.2) is 0 Å². The molecular formula is C26H23F2N2O+. The number of hydrogen-bond acceptors (Lipinski definition) is 1. The molecule has 0 N–H and O–H groups in total. The zero-order chi connectivity index (χ0) is 21.9. The number of benzene rings is 3. The van der Waals surface area contributed by atoms with Crippen LogP contribution in [-0.2, 0) is 7.05 Å². The van der Waals surface area contributed by atoms with Crippen molar-refractivity contribution in [3.63, 3.8) is 0 Å². The van der Waals surface area contributed by atoms with Crippen LogP contribution in [0.15, 0.2) is 65.3 Å². The quantitative estimate of drug-likeness (QED) is 0.304. The largest absolute Gasteiger partial charge is 0.456 e. The van der Waals surface area contributed by atoms with Crippen molar-refractivity contribution in [2.75, 3.05) is 0 Å². The van der Waals surface area contributed by atoms with Crippen LogP contribution >= 0.6 is 0 Å². The topological polar surface area (TPSA) is 21.9 Å². The summed E-state index contributed by atoms with van der Waals surface area (Å²) >= 11 is 0. The molecule has 0 fully saturated rings. The van der Waals surface area contributed by atoms with Crippen LogP contribution in [0, 0.1) is 18.6 Å². The van der Waals surface area contributed by atoms with Gasteiger partial charge in [0.25, 0.3) is 5.82 Å². The smallest absolute Gasteiger partial charge is 0.294 e. The summed E-state index contributed by atoms with van der Waals surface area (Å²) < 4.78 is 38.3. The molecule has 5 heteroatoms. The molecule has 31 heavy (non-hydrogen) atoms. The third kappa shape index (κ3) is 3.03. The summed E-state index contributed by atoms with van der Waals surface area (Å²) in [7, 11) is 2.00. The summed E-state index contributed by atoms with van der Waals surface area (Å²) in [5.74, 6) is 0.0755. The second-order valence-electron chi connectivity index (χ2n) is 8.34. The molecule has 5 rings (SSSR count). The van der Waals surface area contributed by atoms with Crippen molar-refractivity contribution in [2.45, 2.75) is 26.7 Å². The molecule has 0 aliphatic heterocycles. The molecule has 0 bridgehead atoms. The summed E-state index contributed by atoms with van der Waals surface area (Å²) in [6, 6.07) is 14.3. The lowest BCUT2D eigenvalue weighted by molar-refractivity contribution is -0.659. The van der Waals surface area contributed by atoms with Gasteiger partial charge in [0, 0.05) is 23.1 Å². The maximum atomic E-state index is 14.6. The van der Waals surface area contributed by atoms with Crippen molar-refractivity contribution in [2.24, 2.45) is 7.05 Å². The Balaban J connectivity index is 1.81. The molecule has 2 heterocycles. The number of furan rings is 1. The van der Waals surface area contributed by atoms with Gasteiger partial charge < -0.3 is 4.42 Å². The van der Waals surface area contributed by atoms with Crippen LogP contribution in [0.1, 0.15) is 30.9 Å². The Kier molecular flexibility index (Phi) is 4.43. The van der Waals surface area contributed by atoms with Gasteiger partial charge in [-0.3, -0.25) is 0 Å². The van der Waals surface area contributed by atoms with E-state index < -0.39 is 11.6 Å². The first-order valence-electron chi connectivity index (χ1n) is 10.3. The zero-order valence-electron chi connectivity index (χ0n) is 17.9. The van der Waals surface area contributed by atoms with Crippen molar-refractivity contribution in [3.8, 4) is 17.1 Å². The van der Waals surface area contributed by atoms with Gasteiger partial charge in [-0.2, -0.15) is 4.57 Å². The van der Waals surface area contributed by atoms with Crippen molar-refractivity contribution in [1.29, 1.82) is 0 Å². The highest BCUT2D eigenvalue weighted by Crippen LogP contribution is 2.36. The lowest BCUT2D eigenvalue weighted by Gasteiger charge is -2.12. The van der Waals surface area contributed by atoms with E-state index in [0.717, 1.165) is 28.7 Å². The van der Waals surface area contributed by atoms with Gasteiger partial charge in [-0.25, -0.2) is 13.3 Å². The highest BCUT2D eigenvalue weighted by atomic mass is 19.1. The average Bonchev–Trinajstić information content (AvgIpc) is 3.26. The van der Waals surface area contributed by atoms with Crippen LogP contribution in [0.4, 0.5) is 8.78 Å². The van der Waals surface area contributed by atoms with Crippen LogP contribution in [0.25, 0.3) is 39.0 Å². The summed E-state index contributed by atoms with van der Waals surface area (Å²) in [6.45, 7) is 6.36. The number of rotatable bonds is 3. The monoisotopic (exact) mass is 417 g/mol. The number of aromatic nitrogens is 2. The van der Waals surface area contributed by atoms with Gasteiger partial charge in [0.05, 0.1) is 18.0 Å². The molecule has 3 aromatic carbocycles. The predicted octanol–water partition coefficient (Wildman–Crippen LogP) is 6.58. The SMILES string of the molecule is Cc1cc2oc3cc(F)cc(F)c3c2cc1-c1n(-c2ccccc2C(C)C)cc[n+]1C. The molecule has 0 saturated carbocycles. The molecule has 156 valence electrons. The van der Waals surface area contributed by atoms with E-state index in [1.165, 1.54) is 11.6 Å². The molecule has 0 spiro atoms. The minimum atomic E-state index is -0.647. The van der Waals surface area contributed by atoms with Gasteiger partial charge in [-0.1, -0.05) is 32.0 Å². The molecule has 0 amide bonds. The van der Waals surface area contributed by atoms with Crippen LogP contribution in [-0.4, -0.2) is 4.57 Å². The van der Waals surface area contributed by atoms with E-state index >= 15 is 0 Å². The molecule has 3 nitrogen and oxygen atoms in total. The second kappa shape index (κ2) is 7.05. The van der Waals surface area contributed by atoms with Gasteiger partial charge >= 0.3 is 0 Å². The second-order valence-corrected chi connectivity index (χ2v) is 8.34. The Labute approximate surface area is 179 Å². The summed E-state index contributed by atoms with van der Waals surface area (Å²) in [5.41, 5.74) is 5.07. The number of fused-ring (bicyclic) bond motifs is 3. The van der Waals surface area contributed by atoms with E-state index in [1.807, 2.05) is 44.6 Å². The maximum Gasteiger partial charge on any atom is 0.294 e. The van der Waals surface area contributed by atoms with E-state index in [2.05, 4.69) is 41.2 Å². The number of para-hydroxylation sites is 1. The Hall–Kier alpha value is -3.47. The van der Waals surface area contributed by atoms with Crippen LogP contribution in [0.3, 0.4) is 0 Å². The van der Waals surface area contributed by atoms with Crippen LogP contribution < -0.4 is 4.57 Å². The van der Waals surface area contributed by atoms with Gasteiger partial charge in [-0.05, 0) is 36.6 Å². The zero-order valence-corrected chi connectivity index (χ0v) is 17.9. The Morgan fingerprint density at radius 3 is 2.55 bits per heavy atom. The van der Waals surface area contributed by atoms with Gasteiger partial charge in [0.2, 0.25) is 0 Å². The highest BCUT2D eigenvalue weighted by Gasteiger charge is 2.25. The molecule has 0 saturated heterocycles. The molecule has 0 radical (unpaired) electrons. The molecule has 2 aromatic heterocycles. The average molecular weight is 417 g/mol. The van der Waals surface area contributed by atoms with Crippen molar-refractivity contribution in [1.82, 2.24) is 4.57 Å². The van der Waals surface area contributed by atoms with Crippen LogP contribution in [0.5, 0.6) is 0 Å². The third-order valence-electron chi connectivity index (χ3n) is 5.90. The number of halogens is 2. The minimum Gasteiger partial charge on any atom is -0.456 e. The predicted molar refractivity (Wildman–Crippen MR) is 118 cm³/mol. The summed E-state index contributed by atoms with van der Waals surface area (Å²) in [5, 5.41) is 0.944. The normalized spacial score (nSPS) is 11.8. The Morgan fingerprint density at radius 1 is 1.00 bits per heavy atom. The first kappa shape index (κ1) is 19.5. The van der Waals surface area contributed by atoms with E-state index in [-0.39, 0.29) is 5.58 Å². The fourth-order valence-electron chi connectivity index (χ4n) is 4.40.